The maximum absolute atomic E-state index is 16.0. The van der Waals surface area contributed by atoms with Crippen LogP contribution in [0.2, 0.25) is 0 Å². The Morgan fingerprint density at radius 3 is 1.11 bits per heavy atom. The molecule has 2 aliphatic heterocycles. The molecule has 2 aliphatic rings. The van der Waals surface area contributed by atoms with E-state index in [2.05, 4.69) is 137 Å². The summed E-state index contributed by atoms with van der Waals surface area (Å²) >= 11 is 11.9. The van der Waals surface area contributed by atoms with Crippen LogP contribution >= 0.6 is 70.4 Å². The Morgan fingerprint density at radius 1 is 0.467 bits per heavy atom. The summed E-state index contributed by atoms with van der Waals surface area (Å²) in [5, 5.41) is 27.7. The van der Waals surface area contributed by atoms with Crippen molar-refractivity contribution in [2.24, 2.45) is 5.92 Å². The number of aliphatic carboxylic acids is 1. The molecule has 0 aliphatic carbocycles. The van der Waals surface area contributed by atoms with Crippen LogP contribution in [0.4, 0.5) is 30.7 Å². The van der Waals surface area contributed by atoms with Gasteiger partial charge in [-0.05, 0) is 244 Å². The minimum Gasteiger partial charge on any atom is -0.475 e. The molecule has 0 saturated carbocycles. The summed E-state index contributed by atoms with van der Waals surface area (Å²) in [6, 6.07) is 47.7. The van der Waals surface area contributed by atoms with Crippen molar-refractivity contribution in [1.29, 1.82) is 0 Å². The maximum atomic E-state index is 16.0. The number of alkyl halides is 2. The molecule has 2 saturated heterocycles. The van der Waals surface area contributed by atoms with E-state index in [4.69, 9.17) is 15.2 Å². The molecule has 4 radical (unpaired) electrons. The van der Waals surface area contributed by atoms with Gasteiger partial charge in [0.25, 0.3) is 29.2 Å². The molecule has 628 valence electrons. The molecule has 22 nitrogen and oxygen atoms in total. The van der Waals surface area contributed by atoms with Crippen LogP contribution in [0.15, 0.2) is 251 Å². The Morgan fingerprint density at radius 2 is 0.795 bits per heavy atom. The molecule has 7 heterocycles. The molecule has 13 rings (SSSR count). The number of nitrogens with one attached hydrogen (secondary N) is 1. The van der Waals surface area contributed by atoms with Crippen molar-refractivity contribution in [2.75, 3.05) is 19.8 Å². The number of carbonyl (C=O) groups excluding carboxylic acids is 8. The second-order valence-corrected chi connectivity index (χ2v) is 29.4. The second-order valence-electron chi connectivity index (χ2n) is 25.6. The van der Waals surface area contributed by atoms with E-state index >= 15 is 8.78 Å². The summed E-state index contributed by atoms with van der Waals surface area (Å²) in [5.74, 6) is -14.7. The largest absolute Gasteiger partial charge is 0.488 e. The van der Waals surface area contributed by atoms with Crippen LogP contribution in [0.1, 0.15) is 90.4 Å². The third kappa shape index (κ3) is 31.3. The van der Waals surface area contributed by atoms with Gasteiger partial charge in [-0.1, -0.05) is 120 Å². The molecular weight excluding hydrogens is 1900 g/mol. The topological polar surface area (TPSA) is 322 Å². The van der Waals surface area contributed by atoms with E-state index in [1.54, 1.807) is 75.5 Å². The van der Waals surface area contributed by atoms with E-state index in [0.717, 1.165) is 40.6 Å². The van der Waals surface area contributed by atoms with Gasteiger partial charge in [0.05, 0.1) is 19.8 Å². The number of amides is 2. The SMILES string of the molecule is Brc1ccc(I)cn1.CC1CC2CCC(C1)N2C(=O)C(NC(=O)C(=O)c1ccc(-c2ccc(F)cc2)cn1)C(F)(F)c1ccc(Br)cc1.CCOC(=O)C(=O)OCC.CCOC(=O)C(=O)c1ccc(-c2ccc(F)cc2)cn1.Fc1ccc(-c2ccc(Br)nc2)cc1.O=C(O)C(=O)c1ccc(-c2ccc(F)cc2)cn1.OB(O)c1ccc(F)cc1.[B][B]. The zero-order valence-corrected chi connectivity index (χ0v) is 72.0. The number of carboxylic acids is 1. The standard InChI is InChI=1S/C30H27BrF3N3O3.C15H12FNO3.C13H8FNO3.C11H7BrFN.C6H6BFO2.C6H10O4.C5H3BrIN.B2/c1-17-14-23-11-12-24(15-17)37(23)29(40)27(30(33,34)20-5-7-21(31)8-6-20)36-28(39)26(38)25-13-4-19(16-35-25)18-2-9-22(32)10-3-18;1-2-20-15(19)14(18)13-8-5-11(9-17-13)10-3-6-12(16)7-4-10;14-10-4-1-8(2-5-10)9-3-6-11(15-7-9)12(16)13(17)18;12-11-6-3-9(7-14-11)8-1-4-10(13)5-2-8;8-6-3-1-5(2-4-6)7(9)10;1-3-9-5(7)6(8)10-4-2;6-5-2-1-4(7)3-8-5;1-2/h2-10,13,16-17,23-24,27H,11-12,14-15H2,1H3,(H,36,39);3-9H,2H2,1H3;1-7H,(H,17,18);1-7H;1-4,9-10H;3-4H2,1-2H3;1-3H;. The molecule has 2 bridgehead atoms. The van der Waals surface area contributed by atoms with Crippen molar-refractivity contribution in [1.82, 2.24) is 35.1 Å². The molecule has 2 fully saturated rings. The molecule has 6 aromatic carbocycles. The third-order valence-corrected chi connectivity index (χ3v) is 19.3. The normalized spacial score (nSPS) is 13.4. The first-order valence-corrected chi connectivity index (χ1v) is 40.1. The van der Waals surface area contributed by atoms with E-state index < -0.39 is 83.5 Å². The first-order chi connectivity index (χ1) is 58.2. The molecular formula is C86H73B3Br3F7IN7O15. The van der Waals surface area contributed by atoms with E-state index in [1.807, 2.05) is 30.5 Å². The van der Waals surface area contributed by atoms with Crippen molar-refractivity contribution in [3.63, 3.8) is 0 Å². The monoisotopic (exact) mass is 1970 g/mol. The van der Waals surface area contributed by atoms with Crippen LogP contribution in [0, 0.1) is 38.6 Å². The number of piperidine rings is 1. The van der Waals surface area contributed by atoms with Gasteiger partial charge in [-0.15, -0.1) is 0 Å². The van der Waals surface area contributed by atoms with Crippen LogP contribution in [0.3, 0.4) is 0 Å². The molecule has 2 amide bonds. The summed E-state index contributed by atoms with van der Waals surface area (Å²) in [7, 11) is 6.49. The highest BCUT2D eigenvalue weighted by Gasteiger charge is 2.53. The zero-order valence-electron chi connectivity index (χ0n) is 65.1. The van der Waals surface area contributed by atoms with Gasteiger partial charge in [0.1, 0.15) is 55.4 Å². The van der Waals surface area contributed by atoms with E-state index in [0.29, 0.717) is 58.2 Å². The fraction of sp³-hybridized carbons (Fsp3) is 0.186. The molecule has 5 aromatic heterocycles. The lowest BCUT2D eigenvalue weighted by atomic mass is 9.80. The van der Waals surface area contributed by atoms with Crippen LogP contribution in [-0.2, 0) is 48.9 Å². The smallest absolute Gasteiger partial charge is 0.475 e. The number of hydrogen-bond donors (Lipinski definition) is 4. The minimum absolute atomic E-state index is 0.0225. The number of ether oxygens (including phenoxy) is 3. The van der Waals surface area contributed by atoms with Crippen molar-refractivity contribution >= 4 is 151 Å². The summed E-state index contributed by atoms with van der Waals surface area (Å²) < 4.78 is 112. The van der Waals surface area contributed by atoms with Gasteiger partial charge in [0.2, 0.25) is 0 Å². The molecule has 122 heavy (non-hydrogen) atoms. The highest BCUT2D eigenvalue weighted by Crippen LogP contribution is 2.42. The van der Waals surface area contributed by atoms with Gasteiger partial charge in [-0.3, -0.25) is 38.9 Å². The average Bonchev–Trinajstić information content (AvgIpc) is 1.51. The summed E-state index contributed by atoms with van der Waals surface area (Å²) in [6.07, 6.45) is 10.6. The number of ketones is 3. The summed E-state index contributed by atoms with van der Waals surface area (Å²) in [5.41, 5.74) is 5.53. The number of benzene rings is 6. The number of Topliss-reactive ketones (excluding diaryl/α,β-unsaturated/α-hetero) is 3. The Bertz CT molecular complexity index is 5170. The Hall–Kier alpha value is -11.3. The maximum Gasteiger partial charge on any atom is 0.488 e. The van der Waals surface area contributed by atoms with Crippen molar-refractivity contribution in [3.05, 3.63) is 306 Å². The van der Waals surface area contributed by atoms with Gasteiger partial charge in [0.15, 0.2) is 6.04 Å². The third-order valence-electron chi connectivity index (χ3n) is 17.2. The lowest BCUT2D eigenvalue weighted by Crippen LogP contribution is -2.60. The minimum atomic E-state index is -3.80. The van der Waals surface area contributed by atoms with Crippen LogP contribution in [0.5, 0.6) is 0 Å². The predicted octanol–water partition coefficient (Wildman–Crippen LogP) is 15.6. The number of hydrogen-bond acceptors (Lipinski definition) is 19. The van der Waals surface area contributed by atoms with E-state index in [9.17, 15) is 65.1 Å². The highest BCUT2D eigenvalue weighted by molar-refractivity contribution is 14.1. The van der Waals surface area contributed by atoms with E-state index in [-0.39, 0.29) is 72.3 Å². The molecule has 11 aromatic rings. The molecule has 0 spiro atoms. The van der Waals surface area contributed by atoms with Gasteiger partial charge in [-0.2, -0.15) is 8.78 Å². The first kappa shape index (κ1) is 99.5. The Kier molecular flexibility index (Phi) is 40.9. The van der Waals surface area contributed by atoms with Crippen molar-refractivity contribution in [3.8, 4) is 44.5 Å². The predicted molar refractivity (Wildman–Crippen MR) is 461 cm³/mol. The first-order valence-electron chi connectivity index (χ1n) is 36.6. The van der Waals surface area contributed by atoms with Crippen LogP contribution in [-0.4, -0.2) is 159 Å². The Labute approximate surface area is 738 Å². The number of esters is 3. The number of nitrogens with zero attached hydrogens (tertiary/aromatic N) is 6. The fourth-order valence-electron chi connectivity index (χ4n) is 11.4. The van der Waals surface area contributed by atoms with Crippen molar-refractivity contribution < 1.29 is 103 Å². The lowest BCUT2D eigenvalue weighted by molar-refractivity contribution is -0.167. The fourth-order valence-corrected chi connectivity index (χ4v) is 12.5. The zero-order chi connectivity index (χ0) is 89.8. The van der Waals surface area contributed by atoms with Crippen LogP contribution in [0.25, 0.3) is 44.5 Å². The molecule has 4 N–H and O–H groups in total. The van der Waals surface area contributed by atoms with E-state index in [1.165, 1.54) is 157 Å². The van der Waals surface area contributed by atoms with Gasteiger partial charge >= 0.3 is 36.9 Å². The lowest BCUT2D eigenvalue weighted by Gasteiger charge is -2.41. The molecule has 3 atom stereocenters. The van der Waals surface area contributed by atoms with Crippen LogP contribution < -0.4 is 10.8 Å². The average molecular weight is 1980 g/mol. The number of pyridine rings is 5. The Balaban J connectivity index is 0.000000238. The van der Waals surface area contributed by atoms with Gasteiger partial charge < -0.3 is 39.6 Å². The summed E-state index contributed by atoms with van der Waals surface area (Å²) in [6.45, 7) is 7.47. The highest BCUT2D eigenvalue weighted by atomic mass is 127. The number of carboxylic acid groups (broad SMARTS) is 1. The second kappa shape index (κ2) is 50.2. The quantitative estimate of drug-likeness (QED) is 0.00906. The molecule has 36 heteroatoms. The van der Waals surface area contributed by atoms with Gasteiger partial charge in [0, 0.05) is 94.4 Å². The number of fused-ring (bicyclic) bond motifs is 2. The van der Waals surface area contributed by atoms with Gasteiger partial charge in [-0.25, -0.2) is 51.1 Å². The molecule has 3 unspecified atom stereocenters. The number of halogens is 11. The summed E-state index contributed by atoms with van der Waals surface area (Å²) in [4.78, 5) is 126. The van der Waals surface area contributed by atoms with Crippen molar-refractivity contribution in [2.45, 2.75) is 77.4 Å². The number of carbonyl (C=O) groups is 9. The number of rotatable bonds is 18. The number of aromatic nitrogens is 5.